The second-order valence-corrected chi connectivity index (χ2v) is 9.63. The van der Waals surface area contributed by atoms with E-state index in [0.717, 1.165) is 0 Å². The first kappa shape index (κ1) is 11.6. The summed E-state index contributed by atoms with van der Waals surface area (Å²) in [6, 6.07) is 0. The summed E-state index contributed by atoms with van der Waals surface area (Å²) in [4.78, 5) is 0. The normalized spacial score (nSPS) is 66.0. The molecule has 0 nitrogen and oxygen atoms in total. The van der Waals surface area contributed by atoms with Gasteiger partial charge in [-0.25, -0.2) is 0 Å². The molecular weight excluding hydrogens is 240 g/mol. The van der Waals surface area contributed by atoms with Crippen molar-refractivity contribution in [3.8, 4) is 0 Å². The summed E-state index contributed by atoms with van der Waals surface area (Å²) in [6.45, 7) is 0. The molecule has 0 N–H and O–H groups in total. The SMILES string of the molecule is C1CC2CC(C3CC4CCC5CCC3C54)C3CCC1C23. The molecule has 6 saturated carbocycles. The lowest BCUT2D eigenvalue weighted by molar-refractivity contribution is 0.182. The maximum absolute atomic E-state index is 1.68. The van der Waals surface area contributed by atoms with Crippen LogP contribution in [0.3, 0.4) is 0 Å². The van der Waals surface area contributed by atoms with Gasteiger partial charge in [-0.05, 0) is 123 Å². The van der Waals surface area contributed by atoms with E-state index in [0.29, 0.717) is 0 Å². The molecule has 6 fully saturated rings. The van der Waals surface area contributed by atoms with Gasteiger partial charge in [0.15, 0.2) is 0 Å². The van der Waals surface area contributed by atoms with Gasteiger partial charge in [0, 0.05) is 0 Å². The van der Waals surface area contributed by atoms with Crippen LogP contribution in [0.15, 0.2) is 0 Å². The molecule has 0 heterocycles. The van der Waals surface area contributed by atoms with Gasteiger partial charge in [0.2, 0.25) is 0 Å². The third-order valence-corrected chi connectivity index (χ3v) is 9.52. The fourth-order valence-corrected chi connectivity index (χ4v) is 9.25. The minimum absolute atomic E-state index is 1.19. The second-order valence-electron chi connectivity index (χ2n) is 9.63. The Balaban J connectivity index is 1.31. The minimum Gasteiger partial charge on any atom is -0.0499 e. The molecule has 6 aliphatic carbocycles. The molecule has 0 radical (unpaired) electrons. The first-order chi connectivity index (χ1) is 9.90. The monoisotopic (exact) mass is 270 g/mol. The molecule has 0 amide bonds. The molecule has 0 saturated heterocycles. The highest BCUT2D eigenvalue weighted by atomic mass is 14.7. The van der Waals surface area contributed by atoms with E-state index in [2.05, 4.69) is 0 Å². The molecule has 6 aliphatic rings. The van der Waals surface area contributed by atoms with Gasteiger partial charge < -0.3 is 0 Å². The molecule has 10 atom stereocenters. The average molecular weight is 270 g/mol. The molecule has 0 heteroatoms. The van der Waals surface area contributed by atoms with Crippen LogP contribution in [0.4, 0.5) is 0 Å². The Morgan fingerprint density at radius 2 is 0.750 bits per heavy atom. The van der Waals surface area contributed by atoms with Crippen molar-refractivity contribution in [2.75, 3.05) is 0 Å². The van der Waals surface area contributed by atoms with Crippen molar-refractivity contribution >= 4 is 0 Å². The molecule has 10 unspecified atom stereocenters. The van der Waals surface area contributed by atoms with Crippen LogP contribution in [0.1, 0.15) is 64.2 Å². The van der Waals surface area contributed by atoms with Gasteiger partial charge in [0.05, 0.1) is 0 Å². The van der Waals surface area contributed by atoms with Gasteiger partial charge in [-0.1, -0.05) is 0 Å². The molecule has 20 heavy (non-hydrogen) atoms. The van der Waals surface area contributed by atoms with Crippen LogP contribution in [0.25, 0.3) is 0 Å². The first-order valence-corrected chi connectivity index (χ1v) is 9.90. The maximum atomic E-state index is 1.68. The zero-order chi connectivity index (χ0) is 12.8. The lowest BCUT2D eigenvalue weighted by Crippen LogP contribution is -2.24. The highest BCUT2D eigenvalue weighted by molar-refractivity contribution is 5.09. The van der Waals surface area contributed by atoms with E-state index in [1.165, 1.54) is 59.2 Å². The van der Waals surface area contributed by atoms with E-state index in [4.69, 9.17) is 0 Å². The lowest BCUT2D eigenvalue weighted by Gasteiger charge is -2.30. The van der Waals surface area contributed by atoms with Gasteiger partial charge in [-0.3, -0.25) is 0 Å². The Morgan fingerprint density at radius 1 is 0.350 bits per heavy atom. The summed E-state index contributed by atoms with van der Waals surface area (Å²) in [5.41, 5.74) is 0. The van der Waals surface area contributed by atoms with Crippen LogP contribution in [0, 0.1) is 59.2 Å². The fourth-order valence-electron chi connectivity index (χ4n) is 9.25. The average Bonchev–Trinajstić information content (AvgIpc) is 3.18. The van der Waals surface area contributed by atoms with Crippen LogP contribution >= 0.6 is 0 Å². The minimum atomic E-state index is 1.19. The lowest BCUT2D eigenvalue weighted by atomic mass is 9.75. The van der Waals surface area contributed by atoms with Gasteiger partial charge in [-0.2, -0.15) is 0 Å². The van der Waals surface area contributed by atoms with Crippen molar-refractivity contribution in [2.24, 2.45) is 59.2 Å². The van der Waals surface area contributed by atoms with E-state index in [-0.39, 0.29) is 0 Å². The molecule has 0 aromatic carbocycles. The van der Waals surface area contributed by atoms with Crippen molar-refractivity contribution in [1.82, 2.24) is 0 Å². The summed E-state index contributed by atoms with van der Waals surface area (Å²) in [5, 5.41) is 0. The van der Waals surface area contributed by atoms with E-state index in [9.17, 15) is 0 Å². The van der Waals surface area contributed by atoms with Crippen molar-refractivity contribution in [2.45, 2.75) is 64.2 Å². The highest BCUT2D eigenvalue weighted by Crippen LogP contribution is 2.68. The Kier molecular flexibility index (Phi) is 2.22. The Hall–Kier alpha value is 0. The summed E-state index contributed by atoms with van der Waals surface area (Å²) in [6.07, 6.45) is 16.3. The number of hydrogen-bond donors (Lipinski definition) is 0. The molecule has 0 aromatic rings. The Bertz CT molecular complexity index is 386. The fraction of sp³-hybridized carbons (Fsp3) is 1.00. The molecule has 0 spiro atoms. The van der Waals surface area contributed by atoms with Gasteiger partial charge in [-0.15, -0.1) is 0 Å². The van der Waals surface area contributed by atoms with Gasteiger partial charge >= 0.3 is 0 Å². The van der Waals surface area contributed by atoms with Crippen LogP contribution < -0.4 is 0 Å². The highest BCUT2D eigenvalue weighted by Gasteiger charge is 2.60. The zero-order valence-electron chi connectivity index (χ0n) is 12.8. The summed E-state index contributed by atoms with van der Waals surface area (Å²) in [7, 11) is 0. The van der Waals surface area contributed by atoms with Crippen LogP contribution in [0.5, 0.6) is 0 Å². The smallest absolute Gasteiger partial charge is 0.0326 e. The topological polar surface area (TPSA) is 0 Å². The number of hydrogen-bond acceptors (Lipinski definition) is 0. The van der Waals surface area contributed by atoms with E-state index >= 15 is 0 Å². The van der Waals surface area contributed by atoms with Gasteiger partial charge in [0.1, 0.15) is 0 Å². The first-order valence-electron chi connectivity index (χ1n) is 9.90. The number of rotatable bonds is 1. The molecular formula is C20H30. The summed E-state index contributed by atoms with van der Waals surface area (Å²) < 4.78 is 0. The zero-order valence-corrected chi connectivity index (χ0v) is 12.8. The van der Waals surface area contributed by atoms with E-state index < -0.39 is 0 Å². The molecule has 0 aliphatic heterocycles. The predicted octanol–water partition coefficient (Wildman–Crippen LogP) is 5.13. The van der Waals surface area contributed by atoms with E-state index in [1.807, 2.05) is 0 Å². The van der Waals surface area contributed by atoms with Crippen molar-refractivity contribution in [3.05, 3.63) is 0 Å². The quantitative estimate of drug-likeness (QED) is 0.619. The van der Waals surface area contributed by atoms with Gasteiger partial charge in [0.25, 0.3) is 0 Å². The third-order valence-electron chi connectivity index (χ3n) is 9.52. The Labute approximate surface area is 124 Å². The second kappa shape index (κ2) is 3.85. The van der Waals surface area contributed by atoms with Crippen molar-refractivity contribution < 1.29 is 0 Å². The van der Waals surface area contributed by atoms with Crippen molar-refractivity contribution in [1.29, 1.82) is 0 Å². The molecule has 0 aromatic heterocycles. The van der Waals surface area contributed by atoms with Crippen LogP contribution in [-0.4, -0.2) is 0 Å². The largest absolute Gasteiger partial charge is 0.0499 e. The Morgan fingerprint density at radius 3 is 1.25 bits per heavy atom. The summed E-state index contributed by atoms with van der Waals surface area (Å²) >= 11 is 0. The predicted molar refractivity (Wildman–Crippen MR) is 81.1 cm³/mol. The third kappa shape index (κ3) is 1.27. The van der Waals surface area contributed by atoms with E-state index in [1.54, 1.807) is 64.2 Å². The van der Waals surface area contributed by atoms with Crippen molar-refractivity contribution in [3.63, 3.8) is 0 Å². The summed E-state index contributed by atoms with van der Waals surface area (Å²) in [5.74, 6) is 12.0. The standard InChI is InChI=1S/C20H30/c1-3-13-9-17(15-7-5-11(1)19(13)15)18-10-14-4-2-12-6-8-16(18)20(12)14/h11-20H,1-10H2. The van der Waals surface area contributed by atoms with Crippen LogP contribution in [0.2, 0.25) is 0 Å². The molecule has 110 valence electrons. The van der Waals surface area contributed by atoms with Crippen LogP contribution in [-0.2, 0) is 0 Å². The molecule has 6 rings (SSSR count). The maximum Gasteiger partial charge on any atom is -0.0326 e. The molecule has 0 bridgehead atoms.